The number of aromatic nitrogens is 2. The van der Waals surface area contributed by atoms with Crippen LogP contribution >= 0.6 is 0 Å². The lowest BCUT2D eigenvalue weighted by molar-refractivity contribution is 0.282. The molecule has 0 unspecified atom stereocenters. The number of fused-ring (bicyclic) bond motifs is 6. The molecule has 2 heterocycles. The van der Waals surface area contributed by atoms with Gasteiger partial charge >= 0.3 is 0 Å². The zero-order chi connectivity index (χ0) is 48.7. The number of aliphatic hydroxyl groups excluding tert-OH is 1. The smallest absolute Gasteiger partial charge is 0.266 e. The molecule has 0 aliphatic heterocycles. The molecule has 0 bridgehead atoms. The summed E-state index contributed by atoms with van der Waals surface area (Å²) in [6.45, 7) is 16.5. The van der Waals surface area contributed by atoms with E-state index in [1.54, 1.807) is 7.11 Å². The van der Waals surface area contributed by atoms with E-state index in [2.05, 4.69) is 55.4 Å². The normalized spacial score (nSPS) is 12.9. The van der Waals surface area contributed by atoms with Gasteiger partial charge < -0.3 is 9.84 Å². The Morgan fingerprint density at radius 2 is 0.729 bits per heavy atom. The van der Waals surface area contributed by atoms with Crippen molar-refractivity contribution in [3.05, 3.63) is 166 Å². The lowest BCUT2D eigenvalue weighted by atomic mass is 9.77. The van der Waals surface area contributed by atoms with Crippen molar-refractivity contribution in [3.63, 3.8) is 0 Å². The summed E-state index contributed by atoms with van der Waals surface area (Å²) in [5, 5.41) is 25.2. The molecule has 0 aliphatic carbocycles. The van der Waals surface area contributed by atoms with Gasteiger partial charge in [-0.3, -0.25) is 19.2 Å². The van der Waals surface area contributed by atoms with Gasteiger partial charge in [0.1, 0.15) is 5.75 Å². The Kier molecular flexibility index (Phi) is 8.75. The van der Waals surface area contributed by atoms with E-state index in [0.29, 0.717) is 55.0 Å². The number of hydrogen-bond acceptors (Lipinski definition) is 6. The Morgan fingerprint density at radius 3 is 1.07 bits per heavy atom. The van der Waals surface area contributed by atoms with Gasteiger partial charge in [0, 0.05) is 43.1 Å². The second-order valence-electron chi connectivity index (χ2n) is 20.9. The second-order valence-corrected chi connectivity index (χ2v) is 20.9. The highest BCUT2D eigenvalue weighted by atomic mass is 16.5. The van der Waals surface area contributed by atoms with Crippen LogP contribution < -0.4 is 27.0 Å². The Morgan fingerprint density at radius 1 is 0.386 bits per heavy atom. The highest BCUT2D eigenvalue weighted by molar-refractivity contribution is 6.54. The van der Waals surface area contributed by atoms with Gasteiger partial charge in [-0.1, -0.05) is 110 Å². The van der Waals surface area contributed by atoms with Crippen LogP contribution in [0.1, 0.15) is 107 Å². The van der Waals surface area contributed by atoms with Crippen molar-refractivity contribution in [3.8, 4) is 17.1 Å². The minimum absolute atomic E-state index is 0.0162. The van der Waals surface area contributed by atoms with Crippen LogP contribution in [0, 0.1) is 0 Å². The van der Waals surface area contributed by atoms with Crippen LogP contribution in [0.25, 0.3) is 119 Å². The van der Waals surface area contributed by atoms with Crippen molar-refractivity contribution >= 4 is 108 Å². The first-order valence-electron chi connectivity index (χ1n) is 24.5. The molecule has 0 fully saturated rings. The fourth-order valence-corrected chi connectivity index (χ4v) is 12.7. The largest absolute Gasteiger partial charge is 0.497 e. The van der Waals surface area contributed by atoms with Crippen molar-refractivity contribution in [1.29, 1.82) is 0 Å². The predicted molar refractivity (Wildman–Crippen MR) is 290 cm³/mol. The lowest BCUT2D eigenvalue weighted by Gasteiger charge is -2.27. The highest BCUT2D eigenvalue weighted by Crippen LogP contribution is 2.55. The monoisotopic (exact) mass is 918 g/mol. The Hall–Kier alpha value is -7.68. The maximum Gasteiger partial charge on any atom is 0.266 e. The first-order valence-corrected chi connectivity index (χ1v) is 24.5. The molecule has 2 aromatic heterocycles. The molecule has 344 valence electrons. The first-order chi connectivity index (χ1) is 33.7. The van der Waals surface area contributed by atoms with Gasteiger partial charge in [0.2, 0.25) is 0 Å². The van der Waals surface area contributed by atoms with Crippen LogP contribution in [0.3, 0.4) is 0 Å². The summed E-state index contributed by atoms with van der Waals surface area (Å²) in [7, 11) is 1.64. The van der Waals surface area contributed by atoms with Crippen LogP contribution in [-0.4, -0.2) is 21.4 Å². The molecule has 13 aromatic rings. The minimum Gasteiger partial charge on any atom is -0.497 e. The molecule has 8 heteroatoms. The lowest BCUT2D eigenvalue weighted by Crippen LogP contribution is -2.34. The van der Waals surface area contributed by atoms with Gasteiger partial charge in [-0.05, 0) is 159 Å². The van der Waals surface area contributed by atoms with E-state index >= 15 is 19.2 Å². The number of aliphatic hydroxyl groups is 1. The number of hydrogen-bond donors (Lipinski definition) is 1. The molecule has 0 aliphatic rings. The number of benzene rings is 11. The van der Waals surface area contributed by atoms with E-state index in [1.807, 2.05) is 97.1 Å². The fraction of sp³-hybridized carbons (Fsp3) is 0.226. The first kappa shape index (κ1) is 42.4. The van der Waals surface area contributed by atoms with E-state index in [0.717, 1.165) is 97.7 Å². The van der Waals surface area contributed by atoms with Gasteiger partial charge in [0.05, 0.1) is 25.1 Å². The molecule has 0 amide bonds. The summed E-state index contributed by atoms with van der Waals surface area (Å²) in [5.74, 6) is 0.698. The van der Waals surface area contributed by atoms with E-state index in [-0.39, 0.29) is 47.0 Å². The van der Waals surface area contributed by atoms with Crippen molar-refractivity contribution in [1.82, 2.24) is 9.13 Å². The number of methoxy groups -OCH3 is 1. The summed E-state index contributed by atoms with van der Waals surface area (Å²) >= 11 is 0. The van der Waals surface area contributed by atoms with Crippen molar-refractivity contribution < 1.29 is 9.84 Å². The fourth-order valence-electron chi connectivity index (χ4n) is 12.7. The molecule has 8 nitrogen and oxygen atoms in total. The average Bonchev–Trinajstić information content (AvgIpc) is 3.35. The van der Waals surface area contributed by atoms with Crippen LogP contribution in [-0.2, 0) is 6.61 Å². The van der Waals surface area contributed by atoms with Gasteiger partial charge in [0.15, 0.2) is 0 Å². The van der Waals surface area contributed by atoms with E-state index in [9.17, 15) is 5.11 Å². The summed E-state index contributed by atoms with van der Waals surface area (Å²) in [6.07, 6.45) is 0. The average molecular weight is 919 g/mol. The van der Waals surface area contributed by atoms with Crippen LogP contribution in [0.2, 0.25) is 0 Å². The topological polar surface area (TPSA) is 108 Å². The predicted octanol–water partition coefficient (Wildman–Crippen LogP) is 13.4. The van der Waals surface area contributed by atoms with Gasteiger partial charge in [-0.25, -0.2) is 9.13 Å². The third kappa shape index (κ3) is 5.19. The SMILES string of the molecule is COc1ccc2c(c1)c1cc3c(=O)n(-c4c(C(C)C)cccc4C(C)C)c(=O)c4cc5c6ccc(CO)cc6c6cc7c(=O)n(-c8c(C(C)C)cccc8C(C)C)c(=O)c8cc2c2c1c(c43)c5c6c2c87. The maximum absolute atomic E-state index is 15.7. The second kappa shape index (κ2) is 14.4. The molecule has 70 heavy (non-hydrogen) atoms. The number of rotatable bonds is 8. The zero-order valence-electron chi connectivity index (χ0n) is 40.6. The zero-order valence-corrected chi connectivity index (χ0v) is 40.6. The van der Waals surface area contributed by atoms with Crippen LogP contribution in [0.4, 0.5) is 0 Å². The summed E-state index contributed by atoms with van der Waals surface area (Å²) in [4.78, 5) is 63.0. The minimum atomic E-state index is -0.392. The van der Waals surface area contributed by atoms with Gasteiger partial charge in [-0.15, -0.1) is 0 Å². The Balaban J connectivity index is 1.37. The number of pyridine rings is 2. The van der Waals surface area contributed by atoms with E-state index < -0.39 is 5.56 Å². The molecule has 1 N–H and O–H groups in total. The summed E-state index contributed by atoms with van der Waals surface area (Å²) in [5.41, 5.74) is 4.07. The third-order valence-corrected chi connectivity index (χ3v) is 15.8. The molecule has 0 saturated heterocycles. The molecular formula is C62H50N2O6. The Bertz CT molecular complexity index is 4300. The quantitative estimate of drug-likeness (QED) is 0.120. The van der Waals surface area contributed by atoms with E-state index in [1.165, 1.54) is 9.13 Å². The molecule has 11 aromatic carbocycles. The molecule has 0 spiro atoms. The molecule has 0 radical (unpaired) electrons. The highest BCUT2D eigenvalue weighted by Gasteiger charge is 2.32. The molecule has 13 rings (SSSR count). The van der Waals surface area contributed by atoms with Crippen LogP contribution in [0.5, 0.6) is 5.75 Å². The van der Waals surface area contributed by atoms with Gasteiger partial charge in [-0.2, -0.15) is 0 Å². The number of ether oxygens (including phenoxy) is 1. The maximum atomic E-state index is 15.7. The van der Waals surface area contributed by atoms with Gasteiger partial charge in [0.25, 0.3) is 22.2 Å². The van der Waals surface area contributed by atoms with Crippen molar-refractivity contribution in [2.24, 2.45) is 0 Å². The molecule has 0 saturated carbocycles. The summed E-state index contributed by atoms with van der Waals surface area (Å²) in [6, 6.07) is 31.8. The molecule has 0 atom stereocenters. The third-order valence-electron chi connectivity index (χ3n) is 15.8. The Labute approximate surface area is 401 Å². The van der Waals surface area contributed by atoms with Crippen LogP contribution in [0.15, 0.2) is 116 Å². The van der Waals surface area contributed by atoms with Crippen molar-refractivity contribution in [2.75, 3.05) is 7.11 Å². The summed E-state index contributed by atoms with van der Waals surface area (Å²) < 4.78 is 8.77. The van der Waals surface area contributed by atoms with E-state index in [4.69, 9.17) is 4.74 Å². The molecular weight excluding hydrogens is 869 g/mol. The van der Waals surface area contributed by atoms with Crippen molar-refractivity contribution in [2.45, 2.75) is 85.7 Å². The standard InChI is InChI=1S/C62H50N2O6/c1-27(2)33-12-10-13-34(28(3)4)57(33)63-60(67)46-23-42-38-19-17-32(70-9)21-40(38)44-25-48-50-45(59(66)64(62(48)69)58-35(29(5)6)14-11-15-36(58)30(7)8)22-41-37-18-16-31(26-65)20-39(37)43-24-47(61(63)68)49(46)55-52(42)54(44)56(50)51(41)53(43)55/h10-25,27-30,65H,26H2,1-9H3. The number of para-hydroxylation sites is 2. The number of nitrogens with zero attached hydrogens (tertiary/aromatic N) is 2.